The van der Waals surface area contributed by atoms with Crippen LogP contribution in [0.1, 0.15) is 23.1 Å². The molecule has 0 spiro atoms. The smallest absolute Gasteiger partial charge is 0.327 e. The van der Waals surface area contributed by atoms with Gasteiger partial charge < -0.3 is 11.1 Å². The lowest BCUT2D eigenvalue weighted by molar-refractivity contribution is -0.116. The molecule has 0 radical (unpaired) electrons. The van der Waals surface area contributed by atoms with Crippen molar-refractivity contribution in [1.29, 1.82) is 0 Å². The number of tetrazole rings is 1. The molecule has 3 N–H and O–H groups in total. The van der Waals surface area contributed by atoms with E-state index in [1.807, 2.05) is 18.2 Å². The molecule has 1 aliphatic heterocycles. The van der Waals surface area contributed by atoms with Gasteiger partial charge in [0.25, 0.3) is 6.08 Å². The summed E-state index contributed by atoms with van der Waals surface area (Å²) in [6.07, 6.45) is -0.134. The van der Waals surface area contributed by atoms with Crippen LogP contribution < -0.4 is 16.7 Å². The number of nitrogens with zero attached hydrogens (tertiary/aromatic N) is 4. The Bertz CT molecular complexity index is 1230. The first kappa shape index (κ1) is 20.6. The van der Waals surface area contributed by atoms with E-state index in [1.54, 1.807) is 18.2 Å². The van der Waals surface area contributed by atoms with Crippen molar-refractivity contribution in [2.24, 2.45) is 5.73 Å². The van der Waals surface area contributed by atoms with Crippen molar-refractivity contribution in [1.82, 2.24) is 19.8 Å². The van der Waals surface area contributed by atoms with Gasteiger partial charge in [-0.1, -0.05) is 24.3 Å². The zero-order valence-electron chi connectivity index (χ0n) is 16.5. The molecule has 0 unspecified atom stereocenters. The maximum atomic E-state index is 12.8. The molecule has 8 nitrogen and oxygen atoms in total. The van der Waals surface area contributed by atoms with Gasteiger partial charge in [0.1, 0.15) is 0 Å². The second-order valence-corrected chi connectivity index (χ2v) is 7.29. The number of carbonyl (C=O) groups excluding carboxylic acids is 1. The summed E-state index contributed by atoms with van der Waals surface area (Å²) < 4.78 is 27.6. The molecule has 0 fully saturated rings. The second kappa shape index (κ2) is 8.60. The number of fused-ring (bicyclic) bond motifs is 1. The predicted octanol–water partition coefficient (Wildman–Crippen LogP) is 2.01. The molecular weight excluding hydrogens is 406 g/mol. The van der Waals surface area contributed by atoms with Crippen molar-refractivity contribution < 1.29 is 13.6 Å². The molecule has 2 aromatic carbocycles. The topological polar surface area (TPSA) is 108 Å². The fourth-order valence-corrected chi connectivity index (χ4v) is 3.50. The van der Waals surface area contributed by atoms with Crippen LogP contribution in [-0.2, 0) is 24.2 Å². The highest BCUT2D eigenvalue weighted by Crippen LogP contribution is 2.25. The Labute approximate surface area is 176 Å². The maximum absolute atomic E-state index is 12.8. The monoisotopic (exact) mass is 426 g/mol. The molecular formula is C21H20F2N6O2. The number of aromatic nitrogens is 4. The van der Waals surface area contributed by atoms with Crippen LogP contribution in [0.15, 0.2) is 58.9 Å². The maximum Gasteiger partial charge on any atom is 0.368 e. The van der Waals surface area contributed by atoms with E-state index < -0.39 is 18.3 Å². The summed E-state index contributed by atoms with van der Waals surface area (Å²) in [7, 11) is 0. The minimum Gasteiger partial charge on any atom is -0.327 e. The van der Waals surface area contributed by atoms with E-state index in [2.05, 4.69) is 21.8 Å². The fourth-order valence-electron chi connectivity index (χ4n) is 3.50. The van der Waals surface area contributed by atoms with Crippen molar-refractivity contribution in [3.8, 4) is 5.69 Å². The van der Waals surface area contributed by atoms with Gasteiger partial charge >= 0.3 is 5.69 Å². The number of nitrogens with one attached hydrogen (secondary N) is 1. The minimum absolute atomic E-state index is 0.0229. The summed E-state index contributed by atoms with van der Waals surface area (Å²) in [5.41, 5.74) is 8.73. The average Bonchev–Trinajstić information content (AvgIpc) is 3.12. The Morgan fingerprint density at radius 2 is 1.87 bits per heavy atom. The average molecular weight is 426 g/mol. The summed E-state index contributed by atoms with van der Waals surface area (Å²) in [5.74, 6) is 0.0229. The second-order valence-electron chi connectivity index (χ2n) is 7.29. The molecule has 10 heteroatoms. The molecule has 160 valence electrons. The molecule has 4 rings (SSSR count). The Hall–Kier alpha value is -3.66. The SMILES string of the molecule is NCC(Cn1nnn(-c2cccc(Cc3ccc4c(c3)CCC(=O)N4)c2)c1=O)=C(F)F. The molecule has 31 heavy (non-hydrogen) atoms. The van der Waals surface area contributed by atoms with Crippen LogP contribution in [0.3, 0.4) is 0 Å². The number of nitrogens with two attached hydrogens (primary N) is 1. The largest absolute Gasteiger partial charge is 0.368 e. The number of halogens is 2. The lowest BCUT2D eigenvalue weighted by Crippen LogP contribution is -2.26. The Morgan fingerprint density at radius 3 is 2.65 bits per heavy atom. The van der Waals surface area contributed by atoms with Crippen LogP contribution in [0, 0.1) is 0 Å². The highest BCUT2D eigenvalue weighted by molar-refractivity contribution is 5.93. The number of carbonyl (C=O) groups is 1. The molecule has 0 atom stereocenters. The standard InChI is InChI=1S/C21H20F2N6O2/c22-20(23)16(11-24)12-28-21(31)29(27-26-28)17-3-1-2-13(10-17)8-14-4-6-18-15(9-14)5-7-19(30)25-18/h1-4,6,9-10H,5,7-8,11-12,24H2,(H,25,30). The van der Waals surface area contributed by atoms with Crippen molar-refractivity contribution in [2.45, 2.75) is 25.8 Å². The lowest BCUT2D eigenvalue weighted by atomic mass is 9.97. The zero-order valence-corrected chi connectivity index (χ0v) is 16.5. The van der Waals surface area contributed by atoms with E-state index in [1.165, 1.54) is 0 Å². The Balaban J connectivity index is 1.56. The Kier molecular flexibility index (Phi) is 5.72. The number of benzene rings is 2. The Morgan fingerprint density at radius 1 is 1.06 bits per heavy atom. The summed E-state index contributed by atoms with van der Waals surface area (Å²) in [6, 6.07) is 13.1. The van der Waals surface area contributed by atoms with Crippen molar-refractivity contribution in [2.75, 3.05) is 11.9 Å². The van der Waals surface area contributed by atoms with Crippen LogP contribution in [0.5, 0.6) is 0 Å². The number of aryl methyl sites for hydroxylation is 1. The number of hydrogen-bond acceptors (Lipinski definition) is 5. The third-order valence-electron chi connectivity index (χ3n) is 5.12. The van der Waals surface area contributed by atoms with Gasteiger partial charge in [0.05, 0.1) is 12.2 Å². The van der Waals surface area contributed by atoms with E-state index in [0.717, 1.165) is 31.7 Å². The van der Waals surface area contributed by atoms with Crippen LogP contribution in [0.2, 0.25) is 0 Å². The van der Waals surface area contributed by atoms with Gasteiger partial charge in [-0.3, -0.25) is 4.79 Å². The molecule has 0 aliphatic carbocycles. The van der Waals surface area contributed by atoms with Gasteiger partial charge in [0.15, 0.2) is 0 Å². The fraction of sp³-hybridized carbons (Fsp3) is 0.238. The summed E-state index contributed by atoms with van der Waals surface area (Å²) in [4.78, 5) is 24.1. The number of anilines is 1. The molecule has 2 heterocycles. The summed E-state index contributed by atoms with van der Waals surface area (Å²) >= 11 is 0. The highest BCUT2D eigenvalue weighted by atomic mass is 19.3. The normalized spacial score (nSPS) is 12.9. The highest BCUT2D eigenvalue weighted by Gasteiger charge is 2.16. The van der Waals surface area contributed by atoms with Gasteiger partial charge in [-0.25, -0.2) is 4.79 Å². The molecule has 1 aliphatic rings. The van der Waals surface area contributed by atoms with Crippen LogP contribution in [-0.4, -0.2) is 32.2 Å². The third-order valence-corrected chi connectivity index (χ3v) is 5.12. The lowest BCUT2D eigenvalue weighted by Gasteiger charge is -2.17. The van der Waals surface area contributed by atoms with E-state index in [-0.39, 0.29) is 18.0 Å². The minimum atomic E-state index is -1.92. The van der Waals surface area contributed by atoms with E-state index in [0.29, 0.717) is 24.9 Å². The van der Waals surface area contributed by atoms with Crippen LogP contribution in [0.4, 0.5) is 14.5 Å². The van der Waals surface area contributed by atoms with Gasteiger partial charge in [-0.2, -0.15) is 18.1 Å². The van der Waals surface area contributed by atoms with Crippen LogP contribution >= 0.6 is 0 Å². The molecule has 1 amide bonds. The number of amides is 1. The van der Waals surface area contributed by atoms with E-state index >= 15 is 0 Å². The van der Waals surface area contributed by atoms with E-state index in [9.17, 15) is 18.4 Å². The van der Waals surface area contributed by atoms with E-state index in [4.69, 9.17) is 5.73 Å². The van der Waals surface area contributed by atoms with Crippen molar-refractivity contribution in [3.63, 3.8) is 0 Å². The first-order valence-corrected chi connectivity index (χ1v) is 9.71. The third kappa shape index (κ3) is 4.43. The summed E-state index contributed by atoms with van der Waals surface area (Å²) in [6.45, 7) is -0.787. The number of rotatable bonds is 6. The van der Waals surface area contributed by atoms with Gasteiger partial charge in [0.2, 0.25) is 5.91 Å². The quantitative estimate of drug-likeness (QED) is 0.627. The number of hydrogen-bond donors (Lipinski definition) is 2. The molecule has 3 aromatic rings. The predicted molar refractivity (Wildman–Crippen MR) is 110 cm³/mol. The molecule has 0 saturated heterocycles. The zero-order chi connectivity index (χ0) is 22.0. The molecule has 0 bridgehead atoms. The van der Waals surface area contributed by atoms with Crippen molar-refractivity contribution >= 4 is 11.6 Å². The van der Waals surface area contributed by atoms with Crippen LogP contribution in [0.25, 0.3) is 5.69 Å². The summed E-state index contributed by atoms with van der Waals surface area (Å²) in [5, 5.41) is 10.4. The first-order chi connectivity index (χ1) is 14.9. The van der Waals surface area contributed by atoms with Gasteiger partial charge in [-0.15, -0.1) is 0 Å². The molecule has 0 saturated carbocycles. The van der Waals surface area contributed by atoms with Gasteiger partial charge in [0, 0.05) is 24.2 Å². The first-order valence-electron chi connectivity index (χ1n) is 9.71. The van der Waals surface area contributed by atoms with Gasteiger partial charge in [-0.05, 0) is 58.2 Å². The molecule has 1 aromatic heterocycles. The van der Waals surface area contributed by atoms with Crippen molar-refractivity contribution in [3.05, 3.63) is 81.3 Å².